The second-order valence-electron chi connectivity index (χ2n) is 6.74. The van der Waals surface area contributed by atoms with Gasteiger partial charge in [0.25, 0.3) is 11.1 Å². The second-order valence-corrected chi connectivity index (χ2v) is 7.74. The van der Waals surface area contributed by atoms with Crippen LogP contribution in [0, 0.1) is 13.8 Å². The Morgan fingerprint density at radius 3 is 2.55 bits per heavy atom. The first-order chi connectivity index (χ1) is 14.8. The lowest BCUT2D eigenvalue weighted by Crippen LogP contribution is -2.34. The number of rotatable bonds is 6. The van der Waals surface area contributed by atoms with E-state index in [1.165, 1.54) is 7.11 Å². The molecule has 31 heavy (non-hydrogen) atoms. The van der Waals surface area contributed by atoms with Crippen LogP contribution in [0.3, 0.4) is 0 Å². The van der Waals surface area contributed by atoms with Crippen LogP contribution in [0.25, 0.3) is 11.8 Å². The van der Waals surface area contributed by atoms with E-state index in [2.05, 4.69) is 0 Å². The minimum atomic E-state index is -0.636. The molecule has 0 bridgehead atoms. The Bertz CT molecular complexity index is 1100. The van der Waals surface area contributed by atoms with Gasteiger partial charge in [-0.15, -0.1) is 0 Å². The van der Waals surface area contributed by atoms with E-state index in [0.29, 0.717) is 11.3 Å². The van der Waals surface area contributed by atoms with Crippen molar-refractivity contribution in [3.63, 3.8) is 0 Å². The van der Waals surface area contributed by atoms with Crippen molar-refractivity contribution < 1.29 is 28.7 Å². The molecule has 1 saturated heterocycles. The molecule has 2 amide bonds. The molecular weight excluding hydrogens is 420 g/mol. The number of methoxy groups -OCH3 is 1. The number of esters is 2. The van der Waals surface area contributed by atoms with Crippen molar-refractivity contribution in [1.82, 2.24) is 9.47 Å². The molecule has 0 radical (unpaired) electrons. The Morgan fingerprint density at radius 2 is 1.87 bits per heavy atom. The van der Waals surface area contributed by atoms with Gasteiger partial charge < -0.3 is 14.0 Å². The summed E-state index contributed by atoms with van der Waals surface area (Å²) in [7, 11) is 1.33. The fraction of sp³-hybridized carbons (Fsp3) is 0.273. The maximum Gasteiger partial charge on any atom is 0.339 e. The molecule has 2 aromatic rings. The summed E-state index contributed by atoms with van der Waals surface area (Å²) in [6.07, 6.45) is 1.62. The Morgan fingerprint density at radius 1 is 1.16 bits per heavy atom. The molecule has 162 valence electrons. The standard InChI is InChI=1S/C22H22N2O6S/c1-5-30-19(25)12-23-20(26)18(31-22(23)28)11-15-10-13(2)24(14(15)3)17-9-7-6-8-16(17)21(27)29-4/h6-11H,5,12H2,1-4H3/b18-11-. The lowest BCUT2D eigenvalue weighted by atomic mass is 10.1. The number of carbonyl (C=O) groups excluding carboxylic acids is 4. The van der Waals surface area contributed by atoms with Gasteiger partial charge in [-0.2, -0.15) is 0 Å². The predicted octanol–water partition coefficient (Wildman–Crippen LogP) is 3.48. The van der Waals surface area contributed by atoms with Crippen molar-refractivity contribution in [2.24, 2.45) is 0 Å². The smallest absolute Gasteiger partial charge is 0.339 e. The Hall–Kier alpha value is -3.33. The van der Waals surface area contributed by atoms with Crippen molar-refractivity contribution in [3.05, 3.63) is 57.8 Å². The van der Waals surface area contributed by atoms with E-state index >= 15 is 0 Å². The van der Waals surface area contributed by atoms with Gasteiger partial charge >= 0.3 is 11.9 Å². The van der Waals surface area contributed by atoms with Gasteiger partial charge in [0, 0.05) is 11.4 Å². The normalized spacial score (nSPS) is 15.0. The number of nitrogens with zero attached hydrogens (tertiary/aromatic N) is 2. The summed E-state index contributed by atoms with van der Waals surface area (Å²) in [5.74, 6) is -1.63. The highest BCUT2D eigenvalue weighted by Crippen LogP contribution is 2.34. The maximum atomic E-state index is 12.7. The number of ether oxygens (including phenoxy) is 2. The Balaban J connectivity index is 1.96. The Labute approximate surface area is 183 Å². The lowest BCUT2D eigenvalue weighted by molar-refractivity contribution is -0.145. The molecule has 1 aromatic carbocycles. The fourth-order valence-electron chi connectivity index (χ4n) is 3.37. The number of thioether (sulfide) groups is 1. The summed E-state index contributed by atoms with van der Waals surface area (Å²) in [5, 5.41) is -0.519. The van der Waals surface area contributed by atoms with E-state index < -0.39 is 29.6 Å². The third-order valence-electron chi connectivity index (χ3n) is 4.77. The second kappa shape index (κ2) is 9.22. The number of hydrogen-bond acceptors (Lipinski definition) is 7. The highest BCUT2D eigenvalue weighted by Gasteiger charge is 2.36. The van der Waals surface area contributed by atoms with E-state index in [-0.39, 0.29) is 11.5 Å². The van der Waals surface area contributed by atoms with Crippen LogP contribution in [-0.2, 0) is 19.1 Å². The maximum absolute atomic E-state index is 12.7. The number of carbonyl (C=O) groups is 4. The van der Waals surface area contributed by atoms with Crippen molar-refractivity contribution in [2.45, 2.75) is 20.8 Å². The molecule has 1 aliphatic rings. The van der Waals surface area contributed by atoms with Crippen LogP contribution in [0.5, 0.6) is 0 Å². The van der Waals surface area contributed by atoms with Crippen LogP contribution >= 0.6 is 11.8 Å². The average molecular weight is 442 g/mol. The monoisotopic (exact) mass is 442 g/mol. The quantitative estimate of drug-likeness (QED) is 0.499. The minimum absolute atomic E-state index is 0.171. The molecule has 0 saturated carbocycles. The molecule has 8 nitrogen and oxygen atoms in total. The topological polar surface area (TPSA) is 94.9 Å². The zero-order valence-electron chi connectivity index (χ0n) is 17.6. The molecule has 3 rings (SSSR count). The zero-order valence-corrected chi connectivity index (χ0v) is 18.4. The highest BCUT2D eigenvalue weighted by atomic mass is 32.2. The summed E-state index contributed by atoms with van der Waals surface area (Å²) in [4.78, 5) is 49.8. The molecule has 0 N–H and O–H groups in total. The number of para-hydroxylation sites is 1. The largest absolute Gasteiger partial charge is 0.465 e. The third kappa shape index (κ3) is 4.41. The fourth-order valence-corrected chi connectivity index (χ4v) is 4.20. The molecular formula is C22H22N2O6S. The molecule has 2 heterocycles. The number of amides is 2. The first-order valence-corrected chi connectivity index (χ1v) is 10.4. The van der Waals surface area contributed by atoms with Gasteiger partial charge in [-0.3, -0.25) is 19.3 Å². The van der Waals surface area contributed by atoms with E-state index in [1.807, 2.05) is 36.6 Å². The molecule has 1 aliphatic heterocycles. The van der Waals surface area contributed by atoms with Crippen LogP contribution < -0.4 is 0 Å². The zero-order chi connectivity index (χ0) is 22.7. The van der Waals surface area contributed by atoms with Gasteiger partial charge in [0.15, 0.2) is 0 Å². The minimum Gasteiger partial charge on any atom is -0.465 e. The molecule has 1 aromatic heterocycles. The summed E-state index contributed by atoms with van der Waals surface area (Å²) in [6.45, 7) is 5.14. The van der Waals surface area contributed by atoms with E-state index in [4.69, 9.17) is 9.47 Å². The molecule has 0 spiro atoms. The van der Waals surface area contributed by atoms with Crippen LogP contribution in [0.4, 0.5) is 4.79 Å². The number of aromatic nitrogens is 1. The molecule has 0 aliphatic carbocycles. The first-order valence-electron chi connectivity index (χ1n) is 9.56. The number of hydrogen-bond donors (Lipinski definition) is 0. The molecule has 9 heteroatoms. The van der Waals surface area contributed by atoms with Gasteiger partial charge in [0.1, 0.15) is 6.54 Å². The van der Waals surface area contributed by atoms with E-state index in [0.717, 1.165) is 33.6 Å². The third-order valence-corrected chi connectivity index (χ3v) is 5.68. The van der Waals surface area contributed by atoms with Crippen molar-refractivity contribution in [3.8, 4) is 5.69 Å². The van der Waals surface area contributed by atoms with E-state index in [1.54, 1.807) is 25.1 Å². The molecule has 1 fully saturated rings. The highest BCUT2D eigenvalue weighted by molar-refractivity contribution is 8.18. The van der Waals surface area contributed by atoms with Gasteiger partial charge in [-0.05, 0) is 62.4 Å². The van der Waals surface area contributed by atoms with Crippen molar-refractivity contribution >= 4 is 40.9 Å². The molecule has 0 atom stereocenters. The number of benzene rings is 1. The van der Waals surface area contributed by atoms with Gasteiger partial charge in [0.05, 0.1) is 29.9 Å². The lowest BCUT2D eigenvalue weighted by Gasteiger charge is -2.13. The SMILES string of the molecule is CCOC(=O)CN1C(=O)S/C(=C\c2cc(C)n(-c3ccccc3C(=O)OC)c2C)C1=O. The van der Waals surface area contributed by atoms with Crippen LogP contribution in [0.1, 0.15) is 34.2 Å². The van der Waals surface area contributed by atoms with Crippen molar-refractivity contribution in [2.75, 3.05) is 20.3 Å². The van der Waals surface area contributed by atoms with Gasteiger partial charge in [-0.1, -0.05) is 12.1 Å². The summed E-state index contributed by atoms with van der Waals surface area (Å²) >= 11 is 0.775. The van der Waals surface area contributed by atoms with Gasteiger partial charge in [-0.25, -0.2) is 4.79 Å². The number of aryl methyl sites for hydroxylation is 1. The van der Waals surface area contributed by atoms with Crippen LogP contribution in [-0.4, -0.2) is 52.8 Å². The number of imide groups is 1. The summed E-state index contributed by atoms with van der Waals surface area (Å²) in [6, 6.07) is 8.93. The summed E-state index contributed by atoms with van der Waals surface area (Å²) < 4.78 is 11.6. The average Bonchev–Trinajstić information content (AvgIpc) is 3.17. The summed E-state index contributed by atoms with van der Waals surface area (Å²) in [5.41, 5.74) is 3.41. The van der Waals surface area contributed by atoms with Crippen molar-refractivity contribution in [1.29, 1.82) is 0 Å². The van der Waals surface area contributed by atoms with Crippen LogP contribution in [0.2, 0.25) is 0 Å². The first kappa shape index (κ1) is 22.4. The van der Waals surface area contributed by atoms with Gasteiger partial charge in [0.2, 0.25) is 0 Å². The van der Waals surface area contributed by atoms with Crippen LogP contribution in [0.15, 0.2) is 35.2 Å². The predicted molar refractivity (Wildman–Crippen MR) is 116 cm³/mol. The van der Waals surface area contributed by atoms with E-state index in [9.17, 15) is 19.2 Å². The Kier molecular flexibility index (Phi) is 6.65. The molecule has 0 unspecified atom stereocenters.